The van der Waals surface area contributed by atoms with E-state index in [0.717, 1.165) is 44.8 Å². The van der Waals surface area contributed by atoms with Gasteiger partial charge in [-0.3, -0.25) is 0 Å². The topological polar surface area (TPSA) is 25.8 Å². The second-order valence-corrected chi connectivity index (χ2v) is 15.5. The second-order valence-electron chi connectivity index (χ2n) is 14.4. The van der Waals surface area contributed by atoms with Crippen molar-refractivity contribution in [3.63, 3.8) is 0 Å². The van der Waals surface area contributed by atoms with E-state index in [4.69, 9.17) is 9.97 Å². The summed E-state index contributed by atoms with van der Waals surface area (Å²) in [6.07, 6.45) is 0. The standard InChI is InChI=1S/C53H34N2S/c1-3-18-35(19-4-1)37-22-7-9-26-41(37)49-34-48(36-20-5-2-6-21-36)54-52(55-49)43-27-10-8-23-38(43)42-28-17-32-47-51(42)56-50-33-16-15-31-46(50)53(47)44-29-13-11-24-39(44)40-25-12-14-30-45(40)53/h1-34H. The van der Waals surface area contributed by atoms with E-state index in [1.54, 1.807) is 0 Å². The zero-order valence-corrected chi connectivity index (χ0v) is 31.2. The van der Waals surface area contributed by atoms with Crippen LogP contribution in [0.4, 0.5) is 0 Å². The van der Waals surface area contributed by atoms with E-state index in [1.165, 1.54) is 48.7 Å². The van der Waals surface area contributed by atoms with Gasteiger partial charge >= 0.3 is 0 Å². The van der Waals surface area contributed by atoms with E-state index in [-0.39, 0.29) is 0 Å². The first-order valence-electron chi connectivity index (χ1n) is 19.1. The van der Waals surface area contributed by atoms with Crippen molar-refractivity contribution in [1.29, 1.82) is 0 Å². The average molecular weight is 731 g/mol. The summed E-state index contributed by atoms with van der Waals surface area (Å²) in [5.41, 5.74) is 16.9. The Bertz CT molecular complexity index is 2910. The van der Waals surface area contributed by atoms with Crippen LogP contribution in [0.3, 0.4) is 0 Å². The molecule has 1 aliphatic carbocycles. The van der Waals surface area contributed by atoms with Crippen molar-refractivity contribution in [2.45, 2.75) is 15.2 Å². The molecule has 2 aliphatic rings. The monoisotopic (exact) mass is 730 g/mol. The van der Waals surface area contributed by atoms with Crippen molar-refractivity contribution >= 4 is 11.8 Å². The molecule has 3 heteroatoms. The first-order valence-corrected chi connectivity index (χ1v) is 19.9. The first-order chi connectivity index (χ1) is 27.8. The molecule has 0 unspecified atom stereocenters. The predicted octanol–water partition coefficient (Wildman–Crippen LogP) is 13.6. The third-order valence-corrected chi connectivity index (χ3v) is 12.6. The Morgan fingerprint density at radius 3 is 1.50 bits per heavy atom. The van der Waals surface area contributed by atoms with Gasteiger partial charge in [0.1, 0.15) is 0 Å². The lowest BCUT2D eigenvalue weighted by Gasteiger charge is -2.40. The van der Waals surface area contributed by atoms with Gasteiger partial charge in [-0.05, 0) is 67.8 Å². The first kappa shape index (κ1) is 32.6. The lowest BCUT2D eigenvalue weighted by molar-refractivity contribution is 0.723. The number of aromatic nitrogens is 2. The minimum absolute atomic E-state index is 0.451. The van der Waals surface area contributed by atoms with Gasteiger partial charge in [-0.15, -0.1) is 0 Å². The minimum atomic E-state index is -0.451. The molecule has 0 atom stereocenters. The zero-order chi connectivity index (χ0) is 37.1. The van der Waals surface area contributed by atoms with Crippen LogP contribution in [-0.4, -0.2) is 9.97 Å². The van der Waals surface area contributed by atoms with E-state index in [1.807, 2.05) is 11.8 Å². The third-order valence-electron chi connectivity index (χ3n) is 11.4. The summed E-state index contributed by atoms with van der Waals surface area (Å²) in [7, 11) is 0. The molecule has 56 heavy (non-hydrogen) atoms. The van der Waals surface area contributed by atoms with Crippen LogP contribution >= 0.6 is 11.8 Å². The maximum absolute atomic E-state index is 5.43. The van der Waals surface area contributed by atoms with Crippen molar-refractivity contribution in [1.82, 2.24) is 9.97 Å². The second kappa shape index (κ2) is 13.2. The molecule has 2 nitrogen and oxygen atoms in total. The molecule has 2 heterocycles. The van der Waals surface area contributed by atoms with Gasteiger partial charge in [-0.1, -0.05) is 206 Å². The normalized spacial score (nSPS) is 13.1. The van der Waals surface area contributed by atoms with Gasteiger partial charge in [0.25, 0.3) is 0 Å². The molecule has 262 valence electrons. The minimum Gasteiger partial charge on any atom is -0.228 e. The molecule has 0 bridgehead atoms. The lowest BCUT2D eigenvalue weighted by Crippen LogP contribution is -2.32. The van der Waals surface area contributed by atoms with Crippen LogP contribution in [-0.2, 0) is 5.41 Å². The SMILES string of the molecule is c1ccc(-c2cc(-c3ccccc3-c3ccccc3)nc(-c3ccccc3-c3cccc4c3Sc3ccccc3C43c4ccccc4-c4ccccc43)n2)cc1. The average Bonchev–Trinajstić information content (AvgIpc) is 3.57. The molecular formula is C53H34N2S. The molecule has 9 aromatic rings. The number of rotatable bonds is 5. The van der Waals surface area contributed by atoms with E-state index in [0.29, 0.717) is 5.82 Å². The molecule has 8 aromatic carbocycles. The third kappa shape index (κ3) is 4.98. The molecule has 11 rings (SSSR count). The molecule has 0 fully saturated rings. The quantitative estimate of drug-likeness (QED) is 0.176. The van der Waals surface area contributed by atoms with E-state index in [9.17, 15) is 0 Å². The highest BCUT2D eigenvalue weighted by Gasteiger charge is 2.50. The van der Waals surface area contributed by atoms with Crippen molar-refractivity contribution in [3.8, 4) is 67.3 Å². The molecule has 0 radical (unpaired) electrons. The Hall–Kier alpha value is -6.81. The number of fused-ring (bicyclic) bond motifs is 9. The molecule has 0 amide bonds. The summed E-state index contributed by atoms with van der Waals surface area (Å²) in [4.78, 5) is 13.3. The van der Waals surface area contributed by atoms with Crippen LogP contribution < -0.4 is 0 Å². The Morgan fingerprint density at radius 1 is 0.321 bits per heavy atom. The Balaban J connectivity index is 1.16. The fraction of sp³-hybridized carbons (Fsp3) is 0.0189. The smallest absolute Gasteiger partial charge is 0.161 e. The summed E-state index contributed by atoms with van der Waals surface area (Å²) >= 11 is 1.88. The molecular weight excluding hydrogens is 697 g/mol. The van der Waals surface area contributed by atoms with Gasteiger partial charge in [0.05, 0.1) is 16.8 Å². The number of benzene rings is 8. The van der Waals surface area contributed by atoms with Crippen LogP contribution in [0.25, 0.3) is 67.3 Å². The Labute approximate surface area is 331 Å². The van der Waals surface area contributed by atoms with Crippen LogP contribution in [0, 0.1) is 0 Å². The maximum Gasteiger partial charge on any atom is 0.161 e. The number of hydrogen-bond acceptors (Lipinski definition) is 3. The summed E-state index contributed by atoms with van der Waals surface area (Å²) in [6.45, 7) is 0. The van der Waals surface area contributed by atoms with E-state index < -0.39 is 5.41 Å². The van der Waals surface area contributed by atoms with Crippen LogP contribution in [0.15, 0.2) is 216 Å². The van der Waals surface area contributed by atoms with Crippen molar-refractivity contribution in [2.24, 2.45) is 0 Å². The summed E-state index contributed by atoms with van der Waals surface area (Å²) in [5, 5.41) is 0. The van der Waals surface area contributed by atoms with Crippen molar-refractivity contribution in [2.75, 3.05) is 0 Å². The molecule has 1 aromatic heterocycles. The van der Waals surface area contributed by atoms with Gasteiger partial charge in [0.15, 0.2) is 5.82 Å². The highest BCUT2D eigenvalue weighted by molar-refractivity contribution is 7.99. The van der Waals surface area contributed by atoms with E-state index >= 15 is 0 Å². The van der Waals surface area contributed by atoms with Gasteiger partial charge in [0, 0.05) is 26.5 Å². The lowest BCUT2D eigenvalue weighted by atomic mass is 9.67. The molecule has 1 spiro atoms. The van der Waals surface area contributed by atoms with Crippen molar-refractivity contribution in [3.05, 3.63) is 229 Å². The number of hydrogen-bond donors (Lipinski definition) is 0. The van der Waals surface area contributed by atoms with Gasteiger partial charge in [-0.2, -0.15) is 0 Å². The summed E-state index contributed by atoms with van der Waals surface area (Å²) in [5.74, 6) is 0.699. The number of nitrogens with zero attached hydrogens (tertiary/aromatic N) is 2. The Kier molecular flexibility index (Phi) is 7.68. The fourth-order valence-electron chi connectivity index (χ4n) is 9.04. The fourth-order valence-corrected chi connectivity index (χ4v) is 10.4. The summed E-state index contributed by atoms with van der Waals surface area (Å²) < 4.78 is 0. The molecule has 0 N–H and O–H groups in total. The summed E-state index contributed by atoms with van der Waals surface area (Å²) in [6, 6.07) is 74.2. The largest absolute Gasteiger partial charge is 0.228 e. The Morgan fingerprint density at radius 2 is 0.804 bits per heavy atom. The maximum atomic E-state index is 5.43. The van der Waals surface area contributed by atoms with E-state index in [2.05, 4.69) is 206 Å². The highest BCUT2D eigenvalue weighted by atomic mass is 32.2. The highest BCUT2D eigenvalue weighted by Crippen LogP contribution is 2.63. The molecule has 0 saturated heterocycles. The van der Waals surface area contributed by atoms with Crippen LogP contribution in [0.1, 0.15) is 22.3 Å². The molecule has 1 aliphatic heterocycles. The van der Waals surface area contributed by atoms with Crippen LogP contribution in [0.5, 0.6) is 0 Å². The van der Waals surface area contributed by atoms with Crippen LogP contribution in [0.2, 0.25) is 0 Å². The zero-order valence-electron chi connectivity index (χ0n) is 30.4. The van der Waals surface area contributed by atoms with Gasteiger partial charge < -0.3 is 0 Å². The van der Waals surface area contributed by atoms with Gasteiger partial charge in [0.2, 0.25) is 0 Å². The predicted molar refractivity (Wildman–Crippen MR) is 231 cm³/mol. The van der Waals surface area contributed by atoms with Gasteiger partial charge in [-0.25, -0.2) is 9.97 Å². The molecule has 0 saturated carbocycles. The van der Waals surface area contributed by atoms with Crippen molar-refractivity contribution < 1.29 is 0 Å².